The maximum absolute atomic E-state index is 14.1. The molecule has 1 fully saturated rings. The number of nitrogens with zero attached hydrogens (tertiary/aromatic N) is 1. The number of hydrogen-bond donors (Lipinski definition) is 0. The fraction of sp³-hybridized carbons (Fsp3) is 0.531. The second-order valence-electron chi connectivity index (χ2n) is 12.6. The first-order valence-electron chi connectivity index (χ1n) is 14.4. The number of amides is 1. The van der Waals surface area contributed by atoms with Gasteiger partial charge in [-0.15, -0.1) is 0 Å². The summed E-state index contributed by atoms with van der Waals surface area (Å²) in [5.41, 5.74) is -2.13. The van der Waals surface area contributed by atoms with E-state index in [1.165, 1.54) is 11.8 Å². The molecule has 3 rings (SSSR count). The number of benzene rings is 2. The smallest absolute Gasteiger partial charge is 0.413 e. The van der Waals surface area contributed by atoms with E-state index in [1.54, 1.807) is 30.3 Å². The fourth-order valence-corrected chi connectivity index (χ4v) is 5.60. The van der Waals surface area contributed by atoms with E-state index in [1.807, 2.05) is 0 Å². The summed E-state index contributed by atoms with van der Waals surface area (Å²) in [5.74, 6) is -1.28. The van der Waals surface area contributed by atoms with Crippen LogP contribution in [-0.4, -0.2) is 58.1 Å². The summed E-state index contributed by atoms with van der Waals surface area (Å²) >= 11 is 0. The molecule has 2 aromatic carbocycles. The number of carbonyl (C=O) groups excluding carboxylic acids is 1. The van der Waals surface area contributed by atoms with E-state index in [2.05, 4.69) is 40.4 Å². The topological polar surface area (TPSA) is 48.0 Å². The molecule has 12 heteroatoms. The van der Waals surface area contributed by atoms with Gasteiger partial charge in [0.25, 0.3) is 5.91 Å². The molecule has 0 aromatic heterocycles. The second-order valence-corrected chi connectivity index (χ2v) is 17.4. The fourth-order valence-electron chi connectivity index (χ4n) is 4.62. The first-order valence-corrected chi connectivity index (χ1v) is 17.3. The summed E-state index contributed by atoms with van der Waals surface area (Å²) in [7, 11) is -2.27. The quantitative estimate of drug-likeness (QED) is 0.148. The standard InChI is InChI=1S/C32H41F6NO4Si/c1-21(20-42-44(6,7)30(3,4)5)27(23-11-9-8-10-12-23)28(29(40)39-13-15-41-16-14-39)43-22(2)24-17-25(31(33,34)35)19-26(18-24)32(36,37)38/h8-12,17-19,22,27-28H,1,13-16,20H2,2-7H3/t22-,27-,28-/m1/s1. The average Bonchev–Trinajstić information content (AvgIpc) is 2.94. The minimum atomic E-state index is -5.03. The van der Waals surface area contributed by atoms with Gasteiger partial charge < -0.3 is 18.8 Å². The van der Waals surface area contributed by atoms with Crippen molar-refractivity contribution >= 4 is 14.2 Å². The molecular formula is C32H41F6NO4Si. The first kappa shape index (κ1) is 35.8. The average molecular weight is 646 g/mol. The van der Waals surface area contributed by atoms with Crippen LogP contribution in [0.2, 0.25) is 18.1 Å². The zero-order chi connectivity index (χ0) is 33.1. The number of alkyl halides is 6. The molecule has 1 saturated heterocycles. The molecule has 0 spiro atoms. The largest absolute Gasteiger partial charge is 0.416 e. The molecule has 1 heterocycles. The highest BCUT2D eigenvalue weighted by molar-refractivity contribution is 6.74. The third-order valence-corrected chi connectivity index (χ3v) is 12.8. The van der Waals surface area contributed by atoms with E-state index in [-0.39, 0.29) is 49.6 Å². The van der Waals surface area contributed by atoms with Gasteiger partial charge in [-0.2, -0.15) is 26.3 Å². The van der Waals surface area contributed by atoms with Gasteiger partial charge in [-0.25, -0.2) is 0 Å². The van der Waals surface area contributed by atoms with Crippen molar-refractivity contribution in [3.05, 3.63) is 82.9 Å². The Labute approximate surface area is 256 Å². The molecule has 0 bridgehead atoms. The van der Waals surface area contributed by atoms with Crippen molar-refractivity contribution in [1.29, 1.82) is 0 Å². The summed E-state index contributed by atoms with van der Waals surface area (Å²) in [6.45, 7) is 17.1. The van der Waals surface area contributed by atoms with Crippen LogP contribution in [0.25, 0.3) is 0 Å². The van der Waals surface area contributed by atoms with Crippen LogP contribution < -0.4 is 0 Å². The van der Waals surface area contributed by atoms with E-state index in [0.29, 0.717) is 23.3 Å². The third kappa shape index (κ3) is 8.95. The van der Waals surface area contributed by atoms with Gasteiger partial charge in [-0.1, -0.05) is 57.7 Å². The summed E-state index contributed by atoms with van der Waals surface area (Å²) in [4.78, 5) is 15.6. The van der Waals surface area contributed by atoms with E-state index < -0.39 is 55.8 Å². The van der Waals surface area contributed by atoms with Crippen molar-refractivity contribution < 1.29 is 45.0 Å². The molecule has 0 unspecified atom stereocenters. The van der Waals surface area contributed by atoms with E-state index in [9.17, 15) is 31.1 Å². The number of rotatable bonds is 10. The summed E-state index contributed by atoms with van der Waals surface area (Å²) in [6, 6.07) is 10.2. The predicted molar refractivity (Wildman–Crippen MR) is 159 cm³/mol. The molecule has 1 amide bonds. The Hall–Kier alpha value is -2.67. The van der Waals surface area contributed by atoms with Gasteiger partial charge in [0.15, 0.2) is 8.32 Å². The zero-order valence-electron chi connectivity index (χ0n) is 25.9. The maximum atomic E-state index is 14.1. The minimum absolute atomic E-state index is 0.0689. The Kier molecular flexibility index (Phi) is 11.2. The SMILES string of the molecule is C=C(CO[Si](C)(C)C(C)(C)C)[C@H](c1ccccc1)[C@@H](O[C@H](C)c1cc(C(F)(F)F)cc(C(F)(F)F)c1)C(=O)N1CCOCC1. The predicted octanol–water partition coefficient (Wildman–Crippen LogP) is 8.39. The molecule has 0 aliphatic carbocycles. The molecule has 2 aromatic rings. The summed E-state index contributed by atoms with van der Waals surface area (Å²) in [5, 5.41) is -0.122. The lowest BCUT2D eigenvalue weighted by Crippen LogP contribution is -2.49. The van der Waals surface area contributed by atoms with Gasteiger partial charge in [0.1, 0.15) is 6.10 Å². The Morgan fingerprint density at radius 1 is 0.932 bits per heavy atom. The lowest BCUT2D eigenvalue weighted by Gasteiger charge is -2.39. The van der Waals surface area contributed by atoms with Crippen LogP contribution in [0.15, 0.2) is 60.7 Å². The number of carbonyl (C=O) groups is 1. The zero-order valence-corrected chi connectivity index (χ0v) is 26.9. The van der Waals surface area contributed by atoms with Gasteiger partial charge >= 0.3 is 12.4 Å². The van der Waals surface area contributed by atoms with Crippen LogP contribution in [0, 0.1) is 0 Å². The second kappa shape index (κ2) is 13.8. The summed E-state index contributed by atoms with van der Waals surface area (Å²) < 4.78 is 100.0. The molecule has 0 saturated carbocycles. The number of morpholine rings is 1. The summed E-state index contributed by atoms with van der Waals surface area (Å²) in [6.07, 6.45) is -12.7. The van der Waals surface area contributed by atoms with E-state index in [0.717, 1.165) is 0 Å². The number of halogens is 6. The highest BCUT2D eigenvalue weighted by Gasteiger charge is 2.42. The molecular weight excluding hydrogens is 604 g/mol. The first-order chi connectivity index (χ1) is 20.2. The van der Waals surface area contributed by atoms with Crippen molar-refractivity contribution in [1.82, 2.24) is 4.90 Å². The molecule has 5 nitrogen and oxygen atoms in total. The van der Waals surface area contributed by atoms with Crippen LogP contribution in [0.5, 0.6) is 0 Å². The van der Waals surface area contributed by atoms with Crippen LogP contribution in [0.3, 0.4) is 0 Å². The van der Waals surface area contributed by atoms with Crippen LogP contribution in [0.4, 0.5) is 26.3 Å². The van der Waals surface area contributed by atoms with Crippen molar-refractivity contribution in [3.8, 4) is 0 Å². The van der Waals surface area contributed by atoms with Gasteiger partial charge in [-0.05, 0) is 60.0 Å². The highest BCUT2D eigenvalue weighted by atomic mass is 28.4. The monoisotopic (exact) mass is 645 g/mol. The maximum Gasteiger partial charge on any atom is 0.416 e. The van der Waals surface area contributed by atoms with Crippen molar-refractivity contribution in [2.45, 2.75) is 76.3 Å². The molecule has 3 atom stereocenters. The van der Waals surface area contributed by atoms with Gasteiger partial charge in [0.2, 0.25) is 0 Å². The number of ether oxygens (including phenoxy) is 2. The Bertz CT molecular complexity index is 1250. The molecule has 0 N–H and O–H groups in total. The Morgan fingerprint density at radius 3 is 1.93 bits per heavy atom. The molecule has 1 aliphatic rings. The lowest BCUT2D eigenvalue weighted by molar-refractivity contribution is -0.153. The Morgan fingerprint density at radius 2 is 1.45 bits per heavy atom. The van der Waals surface area contributed by atoms with Crippen molar-refractivity contribution in [2.75, 3.05) is 32.9 Å². The van der Waals surface area contributed by atoms with E-state index in [4.69, 9.17) is 13.9 Å². The van der Waals surface area contributed by atoms with Gasteiger partial charge in [-0.3, -0.25) is 4.79 Å². The van der Waals surface area contributed by atoms with Gasteiger partial charge in [0, 0.05) is 19.0 Å². The molecule has 1 aliphatic heterocycles. The minimum Gasteiger partial charge on any atom is -0.413 e. The van der Waals surface area contributed by atoms with Crippen molar-refractivity contribution in [2.24, 2.45) is 0 Å². The molecule has 0 radical (unpaired) electrons. The van der Waals surface area contributed by atoms with Crippen molar-refractivity contribution in [3.63, 3.8) is 0 Å². The van der Waals surface area contributed by atoms with Gasteiger partial charge in [0.05, 0.1) is 37.1 Å². The normalized spacial score (nSPS) is 17.2. The molecule has 244 valence electrons. The van der Waals surface area contributed by atoms with Crippen LogP contribution in [-0.2, 0) is 31.0 Å². The lowest BCUT2D eigenvalue weighted by atomic mass is 9.86. The highest BCUT2D eigenvalue weighted by Crippen LogP contribution is 2.41. The third-order valence-electron chi connectivity index (χ3n) is 8.32. The Balaban J connectivity index is 2.09. The molecule has 44 heavy (non-hydrogen) atoms. The van der Waals surface area contributed by atoms with Crippen LogP contribution >= 0.6 is 0 Å². The van der Waals surface area contributed by atoms with E-state index >= 15 is 0 Å². The van der Waals surface area contributed by atoms with Crippen LogP contribution in [0.1, 0.15) is 62.0 Å². The number of hydrogen-bond acceptors (Lipinski definition) is 4.